The third kappa shape index (κ3) is 2.35. The minimum absolute atomic E-state index is 0.124. The Morgan fingerprint density at radius 1 is 1.44 bits per heavy atom. The Kier molecular flexibility index (Phi) is 3.44. The lowest BCUT2D eigenvalue weighted by atomic mass is 9.85. The summed E-state index contributed by atoms with van der Waals surface area (Å²) in [7, 11) is 0. The van der Waals surface area contributed by atoms with Crippen LogP contribution >= 0.6 is 0 Å². The van der Waals surface area contributed by atoms with Crippen LogP contribution < -0.4 is 10.1 Å². The Hall–Kier alpha value is -1.51. The van der Waals surface area contributed by atoms with Gasteiger partial charge in [-0.25, -0.2) is 0 Å². The van der Waals surface area contributed by atoms with Gasteiger partial charge in [-0.2, -0.15) is 0 Å². The van der Waals surface area contributed by atoms with Gasteiger partial charge in [-0.15, -0.1) is 0 Å². The van der Waals surface area contributed by atoms with Gasteiger partial charge in [0.05, 0.1) is 12.3 Å². The molecule has 0 saturated heterocycles. The Labute approximate surface area is 95.8 Å². The predicted molar refractivity (Wildman–Crippen MR) is 63.6 cm³/mol. The standard InChI is InChI=1S/C13H17NO2/c1-2-16-12-9-4-3-8-11(12)14-13(15)10-6-5-7-10/h3-4,8-10H,2,5-7H2,1H3,(H,14,15). The minimum Gasteiger partial charge on any atom is -0.492 e. The number of ether oxygens (including phenoxy) is 1. The van der Waals surface area contributed by atoms with Crippen molar-refractivity contribution in [1.29, 1.82) is 0 Å². The van der Waals surface area contributed by atoms with Gasteiger partial charge in [-0.3, -0.25) is 4.79 Å². The number of carbonyl (C=O) groups is 1. The van der Waals surface area contributed by atoms with E-state index in [1.165, 1.54) is 6.42 Å². The van der Waals surface area contributed by atoms with E-state index in [9.17, 15) is 4.79 Å². The zero-order valence-electron chi connectivity index (χ0n) is 9.53. The second-order valence-electron chi connectivity index (χ2n) is 4.05. The van der Waals surface area contributed by atoms with E-state index in [-0.39, 0.29) is 11.8 Å². The third-order valence-corrected chi connectivity index (χ3v) is 2.92. The number of amides is 1. The molecular weight excluding hydrogens is 202 g/mol. The number of hydrogen-bond acceptors (Lipinski definition) is 2. The first-order valence-electron chi connectivity index (χ1n) is 5.84. The zero-order valence-corrected chi connectivity index (χ0v) is 9.53. The third-order valence-electron chi connectivity index (χ3n) is 2.92. The summed E-state index contributed by atoms with van der Waals surface area (Å²) in [5, 5.41) is 2.93. The normalized spacial score (nSPS) is 15.3. The lowest BCUT2D eigenvalue weighted by Gasteiger charge is -2.24. The van der Waals surface area contributed by atoms with Crippen molar-refractivity contribution in [3.8, 4) is 5.75 Å². The van der Waals surface area contributed by atoms with E-state index in [0.717, 1.165) is 24.3 Å². The number of anilines is 1. The zero-order chi connectivity index (χ0) is 11.4. The smallest absolute Gasteiger partial charge is 0.227 e. The van der Waals surface area contributed by atoms with Crippen LogP contribution in [0.4, 0.5) is 5.69 Å². The molecule has 0 heterocycles. The summed E-state index contributed by atoms with van der Waals surface area (Å²) in [5.74, 6) is 1.07. The van der Waals surface area contributed by atoms with E-state index in [1.807, 2.05) is 31.2 Å². The topological polar surface area (TPSA) is 38.3 Å². The van der Waals surface area contributed by atoms with Crippen LogP contribution in [0.15, 0.2) is 24.3 Å². The van der Waals surface area contributed by atoms with E-state index < -0.39 is 0 Å². The summed E-state index contributed by atoms with van der Waals surface area (Å²) in [6.45, 7) is 2.54. The van der Waals surface area contributed by atoms with Crippen molar-refractivity contribution >= 4 is 11.6 Å². The fourth-order valence-electron chi connectivity index (χ4n) is 1.76. The lowest BCUT2D eigenvalue weighted by Crippen LogP contribution is -2.28. The van der Waals surface area contributed by atoms with Crippen LogP contribution in [0.3, 0.4) is 0 Å². The number of nitrogens with one attached hydrogen (secondary N) is 1. The van der Waals surface area contributed by atoms with Crippen molar-refractivity contribution in [2.75, 3.05) is 11.9 Å². The molecule has 0 atom stereocenters. The summed E-state index contributed by atoms with van der Waals surface area (Å²) in [6.07, 6.45) is 3.20. The number of carbonyl (C=O) groups excluding carboxylic acids is 1. The molecule has 1 aliphatic carbocycles. The van der Waals surface area contributed by atoms with Gasteiger partial charge in [0.2, 0.25) is 5.91 Å². The van der Waals surface area contributed by atoms with Gasteiger partial charge in [-0.05, 0) is 31.9 Å². The maximum Gasteiger partial charge on any atom is 0.227 e. The van der Waals surface area contributed by atoms with Crippen LogP contribution in [0.5, 0.6) is 5.75 Å². The molecule has 86 valence electrons. The number of hydrogen-bond donors (Lipinski definition) is 1. The fraction of sp³-hybridized carbons (Fsp3) is 0.462. The molecule has 0 radical (unpaired) electrons. The molecule has 2 rings (SSSR count). The van der Waals surface area contributed by atoms with Crippen LogP contribution in [0.25, 0.3) is 0 Å². The molecule has 1 N–H and O–H groups in total. The monoisotopic (exact) mass is 219 g/mol. The van der Waals surface area contributed by atoms with E-state index in [2.05, 4.69) is 5.32 Å². The molecule has 1 aliphatic rings. The Bertz CT molecular complexity index is 372. The first-order valence-corrected chi connectivity index (χ1v) is 5.84. The van der Waals surface area contributed by atoms with Crippen molar-refractivity contribution in [3.63, 3.8) is 0 Å². The molecular formula is C13H17NO2. The largest absolute Gasteiger partial charge is 0.492 e. The highest BCUT2D eigenvalue weighted by molar-refractivity contribution is 5.94. The first kappa shape index (κ1) is 11.0. The average molecular weight is 219 g/mol. The molecule has 1 amide bonds. The van der Waals surface area contributed by atoms with Gasteiger partial charge in [0.15, 0.2) is 0 Å². The Morgan fingerprint density at radius 2 is 2.19 bits per heavy atom. The van der Waals surface area contributed by atoms with Gasteiger partial charge in [0.25, 0.3) is 0 Å². The van der Waals surface area contributed by atoms with E-state index >= 15 is 0 Å². The van der Waals surface area contributed by atoms with E-state index in [4.69, 9.17) is 4.74 Å². The fourth-order valence-corrected chi connectivity index (χ4v) is 1.76. The quantitative estimate of drug-likeness (QED) is 0.845. The molecule has 1 aromatic rings. The van der Waals surface area contributed by atoms with Crippen LogP contribution in [0.1, 0.15) is 26.2 Å². The van der Waals surface area contributed by atoms with Crippen molar-refractivity contribution in [1.82, 2.24) is 0 Å². The highest BCUT2D eigenvalue weighted by Crippen LogP contribution is 2.30. The molecule has 0 unspecified atom stereocenters. The first-order chi connectivity index (χ1) is 7.81. The maximum absolute atomic E-state index is 11.8. The molecule has 3 heteroatoms. The summed E-state index contributed by atoms with van der Waals surface area (Å²) >= 11 is 0. The Balaban J connectivity index is 2.04. The highest BCUT2D eigenvalue weighted by Gasteiger charge is 2.25. The summed E-state index contributed by atoms with van der Waals surface area (Å²) in [6, 6.07) is 7.56. The van der Waals surface area contributed by atoms with Gasteiger partial charge in [0, 0.05) is 5.92 Å². The molecule has 16 heavy (non-hydrogen) atoms. The molecule has 0 spiro atoms. The van der Waals surface area contributed by atoms with Gasteiger partial charge >= 0.3 is 0 Å². The second-order valence-corrected chi connectivity index (χ2v) is 4.05. The SMILES string of the molecule is CCOc1ccccc1NC(=O)C1CCC1. The maximum atomic E-state index is 11.8. The van der Waals surface area contributed by atoms with Crippen molar-refractivity contribution in [2.45, 2.75) is 26.2 Å². The molecule has 0 aliphatic heterocycles. The summed E-state index contributed by atoms with van der Waals surface area (Å²) in [4.78, 5) is 11.8. The lowest BCUT2D eigenvalue weighted by molar-refractivity contribution is -0.122. The molecule has 0 bridgehead atoms. The van der Waals surface area contributed by atoms with E-state index in [0.29, 0.717) is 6.61 Å². The van der Waals surface area contributed by atoms with Crippen molar-refractivity contribution < 1.29 is 9.53 Å². The second kappa shape index (κ2) is 5.01. The average Bonchev–Trinajstić information content (AvgIpc) is 2.18. The van der Waals surface area contributed by atoms with Gasteiger partial charge in [-0.1, -0.05) is 18.6 Å². The molecule has 3 nitrogen and oxygen atoms in total. The van der Waals surface area contributed by atoms with Gasteiger partial charge in [0.1, 0.15) is 5.75 Å². The van der Waals surface area contributed by atoms with Crippen LogP contribution in [0.2, 0.25) is 0 Å². The predicted octanol–water partition coefficient (Wildman–Crippen LogP) is 2.82. The molecule has 1 saturated carbocycles. The minimum atomic E-state index is 0.124. The number of para-hydroxylation sites is 2. The van der Waals surface area contributed by atoms with Crippen molar-refractivity contribution in [3.05, 3.63) is 24.3 Å². The Morgan fingerprint density at radius 3 is 2.81 bits per heavy atom. The molecule has 1 fully saturated rings. The molecule has 0 aromatic heterocycles. The summed E-state index contributed by atoms with van der Waals surface area (Å²) in [5.41, 5.74) is 0.779. The van der Waals surface area contributed by atoms with E-state index in [1.54, 1.807) is 0 Å². The summed E-state index contributed by atoms with van der Waals surface area (Å²) < 4.78 is 5.45. The highest BCUT2D eigenvalue weighted by atomic mass is 16.5. The van der Waals surface area contributed by atoms with Gasteiger partial charge < -0.3 is 10.1 Å². The number of benzene rings is 1. The van der Waals surface area contributed by atoms with Crippen LogP contribution in [-0.2, 0) is 4.79 Å². The van der Waals surface area contributed by atoms with Crippen molar-refractivity contribution in [2.24, 2.45) is 5.92 Å². The van der Waals surface area contributed by atoms with Crippen LogP contribution in [-0.4, -0.2) is 12.5 Å². The molecule has 1 aromatic carbocycles. The number of rotatable bonds is 4. The van der Waals surface area contributed by atoms with Crippen LogP contribution in [0, 0.1) is 5.92 Å².